The highest BCUT2D eigenvalue weighted by atomic mass is 16.5. The SMILES string of the molecule is CCCC(=O)N1CCCC(C(=O)NC(CC(=O)OCC)c2cccc(OC)c2)C1. The summed E-state index contributed by atoms with van der Waals surface area (Å²) in [7, 11) is 1.57. The number of hydrogen-bond donors (Lipinski definition) is 1. The number of methoxy groups -OCH3 is 1. The predicted octanol–water partition coefficient (Wildman–Crippen LogP) is 2.84. The van der Waals surface area contributed by atoms with Gasteiger partial charge in [-0.2, -0.15) is 0 Å². The Kier molecular flexibility index (Phi) is 8.96. The van der Waals surface area contributed by atoms with Crippen LogP contribution in [0.4, 0.5) is 0 Å². The molecule has 2 rings (SSSR count). The molecule has 0 radical (unpaired) electrons. The molecule has 1 aromatic rings. The van der Waals surface area contributed by atoms with Crippen LogP contribution in [0.1, 0.15) is 57.6 Å². The molecule has 7 heteroatoms. The minimum absolute atomic E-state index is 0.0396. The van der Waals surface area contributed by atoms with Gasteiger partial charge in [0.15, 0.2) is 0 Å². The van der Waals surface area contributed by atoms with Gasteiger partial charge in [0.1, 0.15) is 5.75 Å². The fourth-order valence-corrected chi connectivity index (χ4v) is 3.58. The Morgan fingerprint density at radius 2 is 2.07 bits per heavy atom. The predicted molar refractivity (Wildman–Crippen MR) is 109 cm³/mol. The molecule has 160 valence electrons. The molecule has 2 amide bonds. The van der Waals surface area contributed by atoms with E-state index < -0.39 is 6.04 Å². The number of ether oxygens (including phenoxy) is 2. The Bertz CT molecular complexity index is 706. The number of nitrogens with one attached hydrogen (secondary N) is 1. The van der Waals surface area contributed by atoms with E-state index in [1.54, 1.807) is 18.9 Å². The Morgan fingerprint density at radius 3 is 2.76 bits per heavy atom. The van der Waals surface area contributed by atoms with Crippen molar-refractivity contribution in [1.29, 1.82) is 0 Å². The van der Waals surface area contributed by atoms with Crippen LogP contribution in [-0.4, -0.2) is 49.5 Å². The van der Waals surface area contributed by atoms with Crippen molar-refractivity contribution in [2.75, 3.05) is 26.8 Å². The molecule has 1 aromatic carbocycles. The molecule has 0 spiro atoms. The van der Waals surface area contributed by atoms with Gasteiger partial charge in [-0.15, -0.1) is 0 Å². The van der Waals surface area contributed by atoms with Gasteiger partial charge in [-0.3, -0.25) is 14.4 Å². The summed E-state index contributed by atoms with van der Waals surface area (Å²) < 4.78 is 10.3. The minimum Gasteiger partial charge on any atom is -0.497 e. The van der Waals surface area contributed by atoms with E-state index in [1.165, 1.54) is 0 Å². The molecule has 0 aliphatic carbocycles. The second-order valence-electron chi connectivity index (χ2n) is 7.28. The highest BCUT2D eigenvalue weighted by Crippen LogP contribution is 2.24. The summed E-state index contributed by atoms with van der Waals surface area (Å²) in [6, 6.07) is 6.78. The molecular weight excluding hydrogens is 372 g/mol. The molecular formula is C22H32N2O5. The number of nitrogens with zero attached hydrogens (tertiary/aromatic N) is 1. The number of rotatable bonds is 9. The molecule has 2 unspecified atom stereocenters. The second kappa shape index (κ2) is 11.4. The summed E-state index contributed by atoms with van der Waals surface area (Å²) in [6.45, 7) is 5.13. The lowest BCUT2D eigenvalue weighted by Crippen LogP contribution is -2.46. The lowest BCUT2D eigenvalue weighted by Gasteiger charge is -2.33. The summed E-state index contributed by atoms with van der Waals surface area (Å²) in [6.07, 6.45) is 2.87. The molecule has 1 N–H and O–H groups in total. The van der Waals surface area contributed by atoms with Gasteiger partial charge >= 0.3 is 5.97 Å². The smallest absolute Gasteiger partial charge is 0.308 e. The van der Waals surface area contributed by atoms with Gasteiger partial charge in [0.25, 0.3) is 0 Å². The average molecular weight is 405 g/mol. The van der Waals surface area contributed by atoms with Crippen LogP contribution in [0.15, 0.2) is 24.3 Å². The third-order valence-electron chi connectivity index (χ3n) is 5.10. The topological polar surface area (TPSA) is 84.9 Å². The van der Waals surface area contributed by atoms with Crippen LogP contribution in [0.2, 0.25) is 0 Å². The van der Waals surface area contributed by atoms with Crippen molar-refractivity contribution in [3.63, 3.8) is 0 Å². The van der Waals surface area contributed by atoms with Gasteiger partial charge < -0.3 is 19.7 Å². The summed E-state index contributed by atoms with van der Waals surface area (Å²) >= 11 is 0. The van der Waals surface area contributed by atoms with E-state index in [4.69, 9.17) is 9.47 Å². The second-order valence-corrected chi connectivity index (χ2v) is 7.28. The number of benzene rings is 1. The number of likely N-dealkylation sites (tertiary alicyclic amines) is 1. The summed E-state index contributed by atoms with van der Waals surface area (Å²) in [5, 5.41) is 3.00. The molecule has 0 saturated carbocycles. The normalized spacial score (nSPS) is 17.3. The molecule has 29 heavy (non-hydrogen) atoms. The maximum atomic E-state index is 13.0. The first kappa shape index (κ1) is 22.7. The number of carbonyl (C=O) groups excluding carboxylic acids is 3. The number of piperidine rings is 1. The summed E-state index contributed by atoms with van der Waals surface area (Å²) in [5.74, 6) is -0.0412. The molecule has 1 saturated heterocycles. The Hall–Kier alpha value is -2.57. The van der Waals surface area contributed by atoms with Crippen molar-refractivity contribution in [2.24, 2.45) is 5.92 Å². The van der Waals surface area contributed by atoms with Gasteiger partial charge in [-0.1, -0.05) is 19.1 Å². The molecule has 2 atom stereocenters. The van der Waals surface area contributed by atoms with E-state index in [9.17, 15) is 14.4 Å². The van der Waals surface area contributed by atoms with E-state index in [2.05, 4.69) is 5.32 Å². The third kappa shape index (κ3) is 6.76. The van der Waals surface area contributed by atoms with Gasteiger partial charge in [0, 0.05) is 19.5 Å². The van der Waals surface area contributed by atoms with Crippen LogP contribution < -0.4 is 10.1 Å². The highest BCUT2D eigenvalue weighted by Gasteiger charge is 2.30. The van der Waals surface area contributed by atoms with Gasteiger partial charge in [-0.05, 0) is 43.9 Å². The van der Waals surface area contributed by atoms with Gasteiger partial charge in [-0.25, -0.2) is 0 Å². The van der Waals surface area contributed by atoms with Crippen LogP contribution in [-0.2, 0) is 19.1 Å². The van der Waals surface area contributed by atoms with E-state index in [0.29, 0.717) is 25.3 Å². The Balaban J connectivity index is 2.11. The number of amides is 2. The maximum absolute atomic E-state index is 13.0. The zero-order valence-electron chi connectivity index (χ0n) is 17.6. The largest absolute Gasteiger partial charge is 0.497 e. The zero-order valence-corrected chi connectivity index (χ0v) is 17.6. The monoisotopic (exact) mass is 404 g/mol. The van der Waals surface area contributed by atoms with Crippen molar-refractivity contribution in [3.05, 3.63) is 29.8 Å². The number of carbonyl (C=O) groups is 3. The van der Waals surface area contributed by atoms with Crippen molar-refractivity contribution in [1.82, 2.24) is 10.2 Å². The van der Waals surface area contributed by atoms with Crippen molar-refractivity contribution >= 4 is 17.8 Å². The van der Waals surface area contributed by atoms with Crippen molar-refractivity contribution in [3.8, 4) is 5.75 Å². The fourth-order valence-electron chi connectivity index (χ4n) is 3.58. The van der Waals surface area contributed by atoms with E-state index >= 15 is 0 Å². The lowest BCUT2D eigenvalue weighted by atomic mass is 9.95. The minimum atomic E-state index is -0.515. The zero-order chi connectivity index (χ0) is 21.2. The van der Waals surface area contributed by atoms with Crippen LogP contribution in [0, 0.1) is 5.92 Å². The molecule has 1 aliphatic rings. The van der Waals surface area contributed by atoms with Crippen molar-refractivity contribution in [2.45, 2.75) is 52.0 Å². The Morgan fingerprint density at radius 1 is 1.28 bits per heavy atom. The first-order valence-corrected chi connectivity index (χ1v) is 10.4. The molecule has 1 fully saturated rings. The first-order chi connectivity index (χ1) is 14.0. The number of esters is 1. The molecule has 7 nitrogen and oxygen atoms in total. The first-order valence-electron chi connectivity index (χ1n) is 10.4. The quantitative estimate of drug-likeness (QED) is 0.640. The molecule has 0 aromatic heterocycles. The standard InChI is InChI=1S/C22H32N2O5/c1-4-8-20(25)24-12-7-10-17(15-24)22(27)23-19(14-21(26)29-5-2)16-9-6-11-18(13-16)28-3/h6,9,11,13,17,19H,4-5,7-8,10,12,14-15H2,1-3H3,(H,23,27). The molecule has 1 aliphatic heterocycles. The third-order valence-corrected chi connectivity index (χ3v) is 5.10. The molecule has 1 heterocycles. The maximum Gasteiger partial charge on any atom is 0.308 e. The van der Waals surface area contributed by atoms with Crippen LogP contribution in [0.3, 0.4) is 0 Å². The Labute approximate surface area is 172 Å². The van der Waals surface area contributed by atoms with Gasteiger partial charge in [0.05, 0.1) is 32.1 Å². The highest BCUT2D eigenvalue weighted by molar-refractivity contribution is 5.82. The van der Waals surface area contributed by atoms with E-state index in [1.807, 2.05) is 31.2 Å². The fraction of sp³-hybridized carbons (Fsp3) is 0.591. The lowest BCUT2D eigenvalue weighted by molar-refractivity contribution is -0.144. The van der Waals surface area contributed by atoms with Gasteiger partial charge in [0.2, 0.25) is 11.8 Å². The number of hydrogen-bond acceptors (Lipinski definition) is 5. The summed E-state index contributed by atoms with van der Waals surface area (Å²) in [5.41, 5.74) is 0.778. The average Bonchev–Trinajstić information content (AvgIpc) is 2.73. The van der Waals surface area contributed by atoms with Crippen LogP contribution >= 0.6 is 0 Å². The molecule has 0 bridgehead atoms. The van der Waals surface area contributed by atoms with E-state index in [-0.39, 0.29) is 36.7 Å². The summed E-state index contributed by atoms with van der Waals surface area (Å²) in [4.78, 5) is 39.1. The van der Waals surface area contributed by atoms with Crippen LogP contribution in [0.5, 0.6) is 5.75 Å². The van der Waals surface area contributed by atoms with Crippen molar-refractivity contribution < 1.29 is 23.9 Å². The van der Waals surface area contributed by atoms with Crippen LogP contribution in [0.25, 0.3) is 0 Å². The van der Waals surface area contributed by atoms with E-state index in [0.717, 1.165) is 24.8 Å².